The Morgan fingerprint density at radius 2 is 2.39 bits per heavy atom. The Morgan fingerprint density at radius 3 is 3.00 bits per heavy atom. The Kier molecular flexibility index (Phi) is 4.45. The van der Waals surface area contributed by atoms with E-state index in [2.05, 4.69) is 5.32 Å². The van der Waals surface area contributed by atoms with Gasteiger partial charge in [0.2, 0.25) is 0 Å². The zero-order valence-corrected chi connectivity index (χ0v) is 11.2. The Morgan fingerprint density at radius 1 is 1.56 bits per heavy atom. The molecular formula is C13H18ClNO3. The van der Waals surface area contributed by atoms with E-state index < -0.39 is 5.60 Å². The van der Waals surface area contributed by atoms with E-state index in [9.17, 15) is 5.11 Å². The monoisotopic (exact) mass is 271 g/mol. The summed E-state index contributed by atoms with van der Waals surface area (Å²) in [5.41, 5.74) is 0.333. The average Bonchev–Trinajstić information content (AvgIpc) is 2.77. The summed E-state index contributed by atoms with van der Waals surface area (Å²) in [5, 5.41) is 13.9. The maximum absolute atomic E-state index is 10.1. The number of halogens is 1. The summed E-state index contributed by atoms with van der Waals surface area (Å²) in [7, 11) is 1.59. The van der Waals surface area contributed by atoms with Gasteiger partial charge >= 0.3 is 0 Å². The summed E-state index contributed by atoms with van der Waals surface area (Å²) in [6.07, 6.45) is 0.684. The Hall–Kier alpha value is -0.810. The second-order valence-corrected chi connectivity index (χ2v) is 5.01. The molecule has 100 valence electrons. The van der Waals surface area contributed by atoms with Gasteiger partial charge in [-0.05, 0) is 17.7 Å². The van der Waals surface area contributed by atoms with Crippen molar-refractivity contribution in [2.24, 2.45) is 0 Å². The zero-order valence-electron chi connectivity index (χ0n) is 10.4. The molecule has 1 heterocycles. The minimum absolute atomic E-state index is 0.406. The average molecular weight is 272 g/mol. The summed E-state index contributed by atoms with van der Waals surface area (Å²) in [4.78, 5) is 0. The molecule has 0 radical (unpaired) electrons. The molecule has 1 aromatic rings. The van der Waals surface area contributed by atoms with E-state index in [1.54, 1.807) is 7.11 Å². The number of ether oxygens (including phenoxy) is 2. The summed E-state index contributed by atoms with van der Waals surface area (Å²) in [5.74, 6) is 0.670. The highest BCUT2D eigenvalue weighted by molar-refractivity contribution is 6.32. The highest BCUT2D eigenvalue weighted by Gasteiger charge is 2.31. The van der Waals surface area contributed by atoms with Gasteiger partial charge in [0.1, 0.15) is 11.4 Å². The van der Waals surface area contributed by atoms with Gasteiger partial charge in [0.15, 0.2) is 0 Å². The maximum Gasteiger partial charge on any atom is 0.137 e. The first-order chi connectivity index (χ1) is 8.63. The smallest absolute Gasteiger partial charge is 0.137 e. The number of methoxy groups -OCH3 is 1. The lowest BCUT2D eigenvalue weighted by molar-refractivity contribution is 0.0268. The van der Waals surface area contributed by atoms with Crippen molar-refractivity contribution in [1.29, 1.82) is 0 Å². The van der Waals surface area contributed by atoms with E-state index in [0.717, 1.165) is 5.56 Å². The molecule has 2 rings (SSSR count). The molecule has 0 spiro atoms. The number of rotatable bonds is 5. The van der Waals surface area contributed by atoms with E-state index >= 15 is 0 Å². The Bertz CT molecular complexity index is 405. The molecule has 18 heavy (non-hydrogen) atoms. The van der Waals surface area contributed by atoms with E-state index in [0.29, 0.717) is 43.5 Å². The molecule has 0 bridgehead atoms. The van der Waals surface area contributed by atoms with Crippen LogP contribution in [0.4, 0.5) is 0 Å². The molecule has 1 aliphatic heterocycles. The molecule has 1 atom stereocenters. The first-order valence-electron chi connectivity index (χ1n) is 5.96. The van der Waals surface area contributed by atoms with Crippen LogP contribution in [-0.4, -0.2) is 37.6 Å². The quantitative estimate of drug-likeness (QED) is 0.854. The van der Waals surface area contributed by atoms with Crippen LogP contribution in [0.1, 0.15) is 12.0 Å². The first-order valence-corrected chi connectivity index (χ1v) is 6.34. The fourth-order valence-corrected chi connectivity index (χ4v) is 2.28. The molecule has 0 aromatic heterocycles. The zero-order chi connectivity index (χ0) is 13.0. The molecule has 1 unspecified atom stereocenters. The van der Waals surface area contributed by atoms with Gasteiger partial charge in [-0.15, -0.1) is 0 Å². The Balaban J connectivity index is 1.85. The molecule has 1 saturated heterocycles. The van der Waals surface area contributed by atoms with Crippen molar-refractivity contribution in [3.63, 3.8) is 0 Å². The molecule has 1 aromatic carbocycles. The van der Waals surface area contributed by atoms with Crippen LogP contribution < -0.4 is 10.1 Å². The van der Waals surface area contributed by atoms with Gasteiger partial charge in [-0.2, -0.15) is 0 Å². The van der Waals surface area contributed by atoms with Crippen molar-refractivity contribution in [3.8, 4) is 5.75 Å². The van der Waals surface area contributed by atoms with Crippen molar-refractivity contribution in [3.05, 3.63) is 28.8 Å². The standard InChI is InChI=1S/C13H18ClNO3/c1-17-12-3-2-10(6-11(12)14)7-15-8-13(16)4-5-18-9-13/h2-3,6,15-16H,4-5,7-9H2,1H3. The van der Waals surface area contributed by atoms with Crippen molar-refractivity contribution in [2.75, 3.05) is 26.9 Å². The largest absolute Gasteiger partial charge is 0.495 e. The SMILES string of the molecule is COc1ccc(CNCC2(O)CCOC2)cc1Cl. The molecule has 1 aliphatic rings. The number of benzene rings is 1. The highest BCUT2D eigenvalue weighted by Crippen LogP contribution is 2.25. The molecule has 0 saturated carbocycles. The molecule has 4 nitrogen and oxygen atoms in total. The van der Waals surface area contributed by atoms with E-state index in [4.69, 9.17) is 21.1 Å². The third-order valence-corrected chi connectivity index (χ3v) is 3.38. The second kappa shape index (κ2) is 5.89. The molecule has 0 amide bonds. The normalized spacial score (nSPS) is 23.3. The number of aliphatic hydroxyl groups is 1. The lowest BCUT2D eigenvalue weighted by Gasteiger charge is -2.20. The van der Waals surface area contributed by atoms with Gasteiger partial charge in [0.05, 0.1) is 18.7 Å². The summed E-state index contributed by atoms with van der Waals surface area (Å²) in [6, 6.07) is 5.65. The Labute approximate surface area is 112 Å². The first kappa shape index (κ1) is 13.6. The predicted octanol–water partition coefficient (Wildman–Crippen LogP) is 1.59. The molecule has 2 N–H and O–H groups in total. The van der Waals surface area contributed by atoms with Crippen LogP contribution in [0.5, 0.6) is 5.75 Å². The van der Waals surface area contributed by atoms with Gasteiger partial charge in [-0.1, -0.05) is 17.7 Å². The number of nitrogens with one attached hydrogen (secondary N) is 1. The third kappa shape index (κ3) is 3.36. The molecule has 1 fully saturated rings. The van der Waals surface area contributed by atoms with Crippen molar-refractivity contribution >= 4 is 11.6 Å². The molecular weight excluding hydrogens is 254 g/mol. The lowest BCUT2D eigenvalue weighted by atomic mass is 10.0. The fourth-order valence-electron chi connectivity index (χ4n) is 2.00. The number of hydrogen-bond donors (Lipinski definition) is 2. The minimum Gasteiger partial charge on any atom is -0.495 e. The molecule has 0 aliphatic carbocycles. The summed E-state index contributed by atoms with van der Waals surface area (Å²) < 4.78 is 10.3. The maximum atomic E-state index is 10.1. The third-order valence-electron chi connectivity index (χ3n) is 3.08. The van der Waals surface area contributed by atoms with Crippen LogP contribution in [0.2, 0.25) is 5.02 Å². The van der Waals surface area contributed by atoms with Crippen molar-refractivity contribution in [1.82, 2.24) is 5.32 Å². The van der Waals surface area contributed by atoms with Crippen LogP contribution in [0.3, 0.4) is 0 Å². The van der Waals surface area contributed by atoms with E-state index in [-0.39, 0.29) is 0 Å². The van der Waals surface area contributed by atoms with Crippen molar-refractivity contribution in [2.45, 2.75) is 18.6 Å². The highest BCUT2D eigenvalue weighted by atomic mass is 35.5. The van der Waals surface area contributed by atoms with Crippen LogP contribution in [0, 0.1) is 0 Å². The van der Waals surface area contributed by atoms with Crippen LogP contribution in [-0.2, 0) is 11.3 Å². The van der Waals surface area contributed by atoms with Crippen molar-refractivity contribution < 1.29 is 14.6 Å². The topological polar surface area (TPSA) is 50.7 Å². The van der Waals surface area contributed by atoms with Gasteiger partial charge in [0.25, 0.3) is 0 Å². The van der Waals surface area contributed by atoms with Gasteiger partial charge in [-0.25, -0.2) is 0 Å². The summed E-state index contributed by atoms with van der Waals surface area (Å²) in [6.45, 7) is 2.22. The lowest BCUT2D eigenvalue weighted by Crippen LogP contribution is -2.40. The number of hydrogen-bond acceptors (Lipinski definition) is 4. The summed E-state index contributed by atoms with van der Waals surface area (Å²) >= 11 is 6.04. The molecule has 5 heteroatoms. The second-order valence-electron chi connectivity index (χ2n) is 4.60. The van der Waals surface area contributed by atoms with Gasteiger partial charge in [-0.3, -0.25) is 0 Å². The predicted molar refractivity (Wildman–Crippen MR) is 70.1 cm³/mol. The van der Waals surface area contributed by atoms with Crippen LogP contribution in [0.25, 0.3) is 0 Å². The van der Waals surface area contributed by atoms with Crippen LogP contribution in [0.15, 0.2) is 18.2 Å². The van der Waals surface area contributed by atoms with E-state index in [1.807, 2.05) is 18.2 Å². The fraction of sp³-hybridized carbons (Fsp3) is 0.538. The minimum atomic E-state index is -0.726. The van der Waals surface area contributed by atoms with Gasteiger partial charge in [0, 0.05) is 26.1 Å². The van der Waals surface area contributed by atoms with E-state index in [1.165, 1.54) is 0 Å². The van der Waals surface area contributed by atoms with Crippen LogP contribution >= 0.6 is 11.6 Å². The van der Waals surface area contributed by atoms with Gasteiger partial charge < -0.3 is 19.9 Å².